The lowest BCUT2D eigenvalue weighted by molar-refractivity contribution is 0.0924. The number of ether oxygens (including phenoxy) is 1. The van der Waals surface area contributed by atoms with E-state index in [9.17, 15) is 4.79 Å². The second-order valence-corrected chi connectivity index (χ2v) is 9.07. The number of hydrogen-bond donors (Lipinski definition) is 1. The van der Waals surface area contributed by atoms with Gasteiger partial charge in [-0.1, -0.05) is 18.6 Å². The number of benzene rings is 2. The number of likely N-dealkylation sites (N-methyl/N-ethyl adjacent to an activating group) is 1. The van der Waals surface area contributed by atoms with Gasteiger partial charge in [0.1, 0.15) is 5.75 Å². The summed E-state index contributed by atoms with van der Waals surface area (Å²) in [6, 6.07) is 14.5. The van der Waals surface area contributed by atoms with Crippen LogP contribution < -0.4 is 15.0 Å². The molecule has 0 aliphatic carbocycles. The number of rotatable bonds is 7. The van der Waals surface area contributed by atoms with Crippen molar-refractivity contribution < 1.29 is 9.53 Å². The fraction of sp³-hybridized carbons (Fsp3) is 0.500. The fourth-order valence-electron chi connectivity index (χ4n) is 4.73. The second kappa shape index (κ2) is 9.73. The Balaban J connectivity index is 1.47. The molecule has 2 aliphatic rings. The Kier molecular flexibility index (Phi) is 6.81. The van der Waals surface area contributed by atoms with Crippen molar-refractivity contribution in [2.75, 3.05) is 38.1 Å². The zero-order chi connectivity index (χ0) is 21.8. The highest BCUT2D eigenvalue weighted by Gasteiger charge is 2.25. The van der Waals surface area contributed by atoms with Gasteiger partial charge in [0.25, 0.3) is 5.91 Å². The van der Waals surface area contributed by atoms with Gasteiger partial charge in [-0.15, -0.1) is 0 Å². The fourth-order valence-corrected chi connectivity index (χ4v) is 4.73. The van der Waals surface area contributed by atoms with Crippen molar-refractivity contribution in [2.45, 2.75) is 51.7 Å². The highest BCUT2D eigenvalue weighted by Crippen LogP contribution is 2.32. The zero-order valence-corrected chi connectivity index (χ0v) is 19.1. The Morgan fingerprint density at radius 1 is 1.03 bits per heavy atom. The van der Waals surface area contributed by atoms with Crippen LogP contribution in [0, 0.1) is 0 Å². The summed E-state index contributed by atoms with van der Waals surface area (Å²) < 4.78 is 5.69. The summed E-state index contributed by atoms with van der Waals surface area (Å²) in [5, 5.41) is 3.20. The average molecular weight is 422 g/mol. The molecular formula is C26H35N3O2. The molecule has 1 amide bonds. The number of nitrogens with zero attached hydrogens (tertiary/aromatic N) is 2. The molecule has 1 fully saturated rings. The van der Waals surface area contributed by atoms with E-state index in [1.807, 2.05) is 38.1 Å². The van der Waals surface area contributed by atoms with Crippen molar-refractivity contribution in [1.29, 1.82) is 0 Å². The summed E-state index contributed by atoms with van der Waals surface area (Å²) in [4.78, 5) is 17.7. The minimum absolute atomic E-state index is 0.0287. The molecule has 1 N–H and O–H groups in total. The standard InChI is InChI=1S/C26H35N3O2/c1-19(2)31-23-10-7-20(8-11-23)26(30)27-18-25(29-14-5-4-6-15-29)21-9-12-24-22(17-21)13-16-28(24)3/h7-12,17,19,25H,4-6,13-16,18H2,1-3H3,(H,27,30). The van der Waals surface area contributed by atoms with Crippen molar-refractivity contribution in [3.8, 4) is 5.75 Å². The number of amides is 1. The number of nitrogens with one attached hydrogen (secondary N) is 1. The summed E-state index contributed by atoms with van der Waals surface area (Å²) >= 11 is 0. The molecule has 2 aliphatic heterocycles. The van der Waals surface area contributed by atoms with E-state index < -0.39 is 0 Å². The molecular weight excluding hydrogens is 386 g/mol. The van der Waals surface area contributed by atoms with Crippen LogP contribution in [0.25, 0.3) is 0 Å². The summed E-state index contributed by atoms with van der Waals surface area (Å²) in [6.07, 6.45) is 4.99. The molecule has 1 saturated heterocycles. The minimum Gasteiger partial charge on any atom is -0.491 e. The van der Waals surface area contributed by atoms with Crippen LogP contribution in [0.5, 0.6) is 5.75 Å². The smallest absolute Gasteiger partial charge is 0.251 e. The van der Waals surface area contributed by atoms with Gasteiger partial charge in [0.2, 0.25) is 0 Å². The third-order valence-corrected chi connectivity index (χ3v) is 6.39. The van der Waals surface area contributed by atoms with Crippen molar-refractivity contribution in [1.82, 2.24) is 10.2 Å². The van der Waals surface area contributed by atoms with Crippen LogP contribution >= 0.6 is 0 Å². The number of carbonyl (C=O) groups is 1. The van der Waals surface area contributed by atoms with Crippen molar-refractivity contribution in [3.63, 3.8) is 0 Å². The highest BCUT2D eigenvalue weighted by molar-refractivity contribution is 5.94. The second-order valence-electron chi connectivity index (χ2n) is 9.07. The van der Waals surface area contributed by atoms with Gasteiger partial charge in [0.15, 0.2) is 0 Å². The molecule has 0 saturated carbocycles. The lowest BCUT2D eigenvalue weighted by Crippen LogP contribution is -2.40. The largest absolute Gasteiger partial charge is 0.491 e. The number of hydrogen-bond acceptors (Lipinski definition) is 4. The van der Waals surface area contributed by atoms with Crippen LogP contribution in [0.3, 0.4) is 0 Å². The normalized spacial score (nSPS) is 17.5. The van der Waals surface area contributed by atoms with Crippen LogP contribution in [-0.2, 0) is 6.42 Å². The van der Waals surface area contributed by atoms with Gasteiger partial charge in [-0.05, 0) is 87.7 Å². The first-order valence-electron chi connectivity index (χ1n) is 11.6. The first kappa shape index (κ1) is 21.7. The third-order valence-electron chi connectivity index (χ3n) is 6.39. The molecule has 4 rings (SSSR count). The van der Waals surface area contributed by atoms with Crippen LogP contribution in [0.15, 0.2) is 42.5 Å². The third kappa shape index (κ3) is 5.21. The Hall–Kier alpha value is -2.53. The first-order valence-corrected chi connectivity index (χ1v) is 11.6. The summed E-state index contributed by atoms with van der Waals surface area (Å²) in [6.45, 7) is 7.90. The molecule has 5 nitrogen and oxygen atoms in total. The first-order chi connectivity index (χ1) is 15.0. The van der Waals surface area contributed by atoms with E-state index in [0.717, 1.165) is 31.8 Å². The summed E-state index contributed by atoms with van der Waals surface area (Å²) in [5.74, 6) is 0.764. The Morgan fingerprint density at radius 2 is 1.77 bits per heavy atom. The van der Waals surface area contributed by atoms with E-state index in [1.54, 1.807) is 0 Å². The molecule has 166 valence electrons. The van der Waals surface area contributed by atoms with Crippen LogP contribution in [0.4, 0.5) is 5.69 Å². The number of fused-ring (bicyclic) bond motifs is 1. The number of likely N-dealkylation sites (tertiary alicyclic amines) is 1. The van der Waals surface area contributed by atoms with Gasteiger partial charge in [-0.2, -0.15) is 0 Å². The van der Waals surface area contributed by atoms with E-state index in [0.29, 0.717) is 12.1 Å². The van der Waals surface area contributed by atoms with Gasteiger partial charge in [0.05, 0.1) is 12.1 Å². The number of piperidine rings is 1. The molecule has 1 atom stereocenters. The molecule has 2 aromatic carbocycles. The molecule has 5 heteroatoms. The Labute approximate surface area is 186 Å². The molecule has 0 bridgehead atoms. The van der Waals surface area contributed by atoms with Gasteiger partial charge in [-0.3, -0.25) is 9.69 Å². The topological polar surface area (TPSA) is 44.8 Å². The highest BCUT2D eigenvalue weighted by atomic mass is 16.5. The summed E-state index contributed by atoms with van der Waals surface area (Å²) in [5.41, 5.74) is 4.75. The molecule has 0 aromatic heterocycles. The monoisotopic (exact) mass is 421 g/mol. The van der Waals surface area contributed by atoms with Crippen LogP contribution in [-0.4, -0.2) is 50.1 Å². The Morgan fingerprint density at radius 3 is 2.48 bits per heavy atom. The van der Waals surface area contributed by atoms with Crippen molar-refractivity contribution in [3.05, 3.63) is 59.2 Å². The minimum atomic E-state index is -0.0287. The van der Waals surface area contributed by atoms with Crippen LogP contribution in [0.2, 0.25) is 0 Å². The van der Waals surface area contributed by atoms with Crippen molar-refractivity contribution >= 4 is 11.6 Å². The van der Waals surface area contributed by atoms with Gasteiger partial charge < -0.3 is 15.0 Å². The molecule has 1 unspecified atom stereocenters. The molecule has 31 heavy (non-hydrogen) atoms. The predicted octanol–water partition coefficient (Wildman–Crippen LogP) is 4.42. The van der Waals surface area contributed by atoms with E-state index in [-0.39, 0.29) is 18.1 Å². The maximum absolute atomic E-state index is 12.8. The maximum atomic E-state index is 12.8. The van der Waals surface area contributed by atoms with Gasteiger partial charge >= 0.3 is 0 Å². The number of anilines is 1. The van der Waals surface area contributed by atoms with E-state index >= 15 is 0 Å². The van der Waals surface area contributed by atoms with E-state index in [1.165, 1.54) is 36.1 Å². The van der Waals surface area contributed by atoms with E-state index in [4.69, 9.17) is 4.74 Å². The van der Waals surface area contributed by atoms with Gasteiger partial charge in [0, 0.05) is 31.4 Å². The molecule has 2 aromatic rings. The Bertz CT molecular complexity index is 888. The predicted molar refractivity (Wildman–Crippen MR) is 126 cm³/mol. The lowest BCUT2D eigenvalue weighted by atomic mass is 9.98. The maximum Gasteiger partial charge on any atom is 0.251 e. The molecule has 0 radical (unpaired) electrons. The average Bonchev–Trinajstić information content (AvgIpc) is 3.15. The van der Waals surface area contributed by atoms with Gasteiger partial charge in [-0.25, -0.2) is 0 Å². The molecule has 0 spiro atoms. The quantitative estimate of drug-likeness (QED) is 0.719. The summed E-state index contributed by atoms with van der Waals surface area (Å²) in [7, 11) is 2.16. The molecule has 2 heterocycles. The SMILES string of the molecule is CC(C)Oc1ccc(C(=O)NCC(c2ccc3c(c2)CCN3C)N2CCCCC2)cc1. The van der Waals surface area contributed by atoms with Crippen molar-refractivity contribution in [2.24, 2.45) is 0 Å². The van der Waals surface area contributed by atoms with Crippen LogP contribution in [0.1, 0.15) is 60.6 Å². The zero-order valence-electron chi connectivity index (χ0n) is 19.1. The van der Waals surface area contributed by atoms with E-state index in [2.05, 4.69) is 40.4 Å². The lowest BCUT2D eigenvalue weighted by Gasteiger charge is -2.35. The number of carbonyl (C=O) groups excluding carboxylic acids is 1.